The van der Waals surface area contributed by atoms with Crippen LogP contribution in [-0.4, -0.2) is 37.0 Å². The first-order chi connectivity index (χ1) is 9.61. The molecule has 5 heteroatoms. The first-order valence-electron chi connectivity index (χ1n) is 6.10. The van der Waals surface area contributed by atoms with Gasteiger partial charge in [0.2, 0.25) is 5.88 Å². The second-order valence-electron chi connectivity index (χ2n) is 4.33. The number of carbonyl (C=O) groups is 1. The molecule has 104 valence electrons. The summed E-state index contributed by atoms with van der Waals surface area (Å²) in [7, 11) is 4.95. The van der Waals surface area contributed by atoms with Gasteiger partial charge in [0.1, 0.15) is 11.5 Å². The minimum Gasteiger partial charge on any atom is -0.481 e. The molecule has 0 N–H and O–H groups in total. The fraction of sp³-hybridized carbons (Fsp3) is 0.200. The number of aromatic nitrogens is 1. The molecule has 5 nitrogen and oxygen atoms in total. The number of benzene rings is 1. The van der Waals surface area contributed by atoms with Crippen molar-refractivity contribution in [3.63, 3.8) is 0 Å². The maximum atomic E-state index is 12.1. The monoisotopic (exact) mass is 272 g/mol. The molecule has 0 aliphatic carbocycles. The highest BCUT2D eigenvalue weighted by Gasteiger charge is 2.14. The maximum Gasteiger partial charge on any atom is 0.257 e. The van der Waals surface area contributed by atoms with Gasteiger partial charge in [-0.3, -0.25) is 4.79 Å². The molecule has 0 unspecified atom stereocenters. The number of pyridine rings is 1. The van der Waals surface area contributed by atoms with Gasteiger partial charge >= 0.3 is 0 Å². The van der Waals surface area contributed by atoms with Crippen molar-refractivity contribution in [2.24, 2.45) is 0 Å². The second kappa shape index (κ2) is 6.06. The minimum atomic E-state index is -0.109. The number of para-hydroxylation sites is 1. The number of nitrogens with zero attached hydrogens (tertiary/aromatic N) is 2. The zero-order chi connectivity index (χ0) is 14.5. The van der Waals surface area contributed by atoms with Gasteiger partial charge in [-0.1, -0.05) is 12.1 Å². The van der Waals surface area contributed by atoms with E-state index in [9.17, 15) is 4.79 Å². The first-order valence-corrected chi connectivity index (χ1v) is 6.10. The molecule has 0 atom stereocenters. The topological polar surface area (TPSA) is 51.7 Å². The van der Waals surface area contributed by atoms with Crippen molar-refractivity contribution < 1.29 is 14.3 Å². The standard InChI is InChI=1S/C15H16N2O3/c1-17(2)15(18)12-6-4-5-7-13(12)20-11-8-9-14(19-3)16-10-11/h4-10H,1-3H3. The normalized spacial score (nSPS) is 9.95. The number of ether oxygens (including phenoxy) is 2. The van der Waals surface area contributed by atoms with Crippen molar-refractivity contribution in [3.05, 3.63) is 48.2 Å². The third kappa shape index (κ3) is 3.06. The van der Waals surface area contributed by atoms with Crippen LogP contribution in [0.4, 0.5) is 0 Å². The molecule has 0 fully saturated rings. The molecule has 1 aromatic heterocycles. The van der Waals surface area contributed by atoms with E-state index in [1.165, 1.54) is 4.90 Å². The molecule has 1 aromatic carbocycles. The lowest BCUT2D eigenvalue weighted by atomic mass is 10.2. The van der Waals surface area contributed by atoms with Crippen LogP contribution in [0.5, 0.6) is 17.4 Å². The number of rotatable bonds is 4. The van der Waals surface area contributed by atoms with E-state index in [4.69, 9.17) is 9.47 Å². The lowest BCUT2D eigenvalue weighted by molar-refractivity contribution is 0.0825. The minimum absolute atomic E-state index is 0.109. The van der Waals surface area contributed by atoms with E-state index < -0.39 is 0 Å². The van der Waals surface area contributed by atoms with Gasteiger partial charge < -0.3 is 14.4 Å². The third-order valence-corrected chi connectivity index (χ3v) is 2.67. The summed E-state index contributed by atoms with van der Waals surface area (Å²) < 4.78 is 10.7. The van der Waals surface area contributed by atoms with Crippen LogP contribution in [0.25, 0.3) is 0 Å². The molecule has 2 rings (SSSR count). The summed E-state index contributed by atoms with van der Waals surface area (Å²) in [5, 5.41) is 0. The van der Waals surface area contributed by atoms with Crippen LogP contribution >= 0.6 is 0 Å². The number of carbonyl (C=O) groups excluding carboxylic acids is 1. The van der Waals surface area contributed by atoms with Gasteiger partial charge in [0.25, 0.3) is 5.91 Å². The van der Waals surface area contributed by atoms with Crippen LogP contribution in [0.3, 0.4) is 0 Å². The van der Waals surface area contributed by atoms with E-state index in [0.29, 0.717) is 22.9 Å². The first kappa shape index (κ1) is 13.9. The van der Waals surface area contributed by atoms with Gasteiger partial charge in [-0.15, -0.1) is 0 Å². The maximum absolute atomic E-state index is 12.1. The molecular weight excluding hydrogens is 256 g/mol. The lowest BCUT2D eigenvalue weighted by Gasteiger charge is -2.14. The molecule has 0 bridgehead atoms. The molecule has 0 saturated carbocycles. The molecule has 1 amide bonds. The summed E-state index contributed by atoms with van der Waals surface area (Å²) in [5.41, 5.74) is 0.508. The van der Waals surface area contributed by atoms with E-state index in [1.54, 1.807) is 57.7 Å². The molecule has 20 heavy (non-hydrogen) atoms. The average Bonchev–Trinajstić information content (AvgIpc) is 2.48. The van der Waals surface area contributed by atoms with Crippen molar-refractivity contribution in [2.75, 3.05) is 21.2 Å². The summed E-state index contributed by atoms with van der Waals surface area (Å²) >= 11 is 0. The van der Waals surface area contributed by atoms with Crippen LogP contribution in [0.1, 0.15) is 10.4 Å². The highest BCUT2D eigenvalue weighted by atomic mass is 16.5. The molecule has 0 aliphatic rings. The number of amides is 1. The Balaban J connectivity index is 2.26. The Labute approximate surface area is 117 Å². The van der Waals surface area contributed by atoms with Crippen LogP contribution in [0, 0.1) is 0 Å². The highest BCUT2D eigenvalue weighted by Crippen LogP contribution is 2.26. The summed E-state index contributed by atoms with van der Waals surface area (Å²) in [6.45, 7) is 0. The van der Waals surface area contributed by atoms with Crippen molar-refractivity contribution in [1.29, 1.82) is 0 Å². The van der Waals surface area contributed by atoms with Crippen molar-refractivity contribution in [2.45, 2.75) is 0 Å². The smallest absolute Gasteiger partial charge is 0.257 e. The molecule has 2 aromatic rings. The Bertz CT molecular complexity index is 594. The van der Waals surface area contributed by atoms with E-state index in [1.807, 2.05) is 6.07 Å². The zero-order valence-corrected chi connectivity index (χ0v) is 11.7. The zero-order valence-electron chi connectivity index (χ0n) is 11.7. The third-order valence-electron chi connectivity index (χ3n) is 2.67. The van der Waals surface area contributed by atoms with E-state index >= 15 is 0 Å². The molecule has 0 saturated heterocycles. The Morgan fingerprint density at radius 1 is 1.15 bits per heavy atom. The number of methoxy groups -OCH3 is 1. The van der Waals surface area contributed by atoms with Gasteiger partial charge in [0.05, 0.1) is 18.9 Å². The Hall–Kier alpha value is -2.56. The number of hydrogen-bond donors (Lipinski definition) is 0. The SMILES string of the molecule is COc1ccc(Oc2ccccc2C(=O)N(C)C)cn1. The van der Waals surface area contributed by atoms with Crippen molar-refractivity contribution in [1.82, 2.24) is 9.88 Å². The predicted molar refractivity (Wildman–Crippen MR) is 75.3 cm³/mol. The van der Waals surface area contributed by atoms with Crippen molar-refractivity contribution >= 4 is 5.91 Å². The molecule has 0 spiro atoms. The van der Waals surface area contributed by atoms with E-state index in [-0.39, 0.29) is 5.91 Å². The van der Waals surface area contributed by atoms with Crippen LogP contribution in [0.15, 0.2) is 42.6 Å². The summed E-state index contributed by atoms with van der Waals surface area (Å²) in [6, 6.07) is 10.5. The molecular formula is C15H16N2O3. The fourth-order valence-electron chi connectivity index (χ4n) is 1.65. The van der Waals surface area contributed by atoms with Crippen LogP contribution in [-0.2, 0) is 0 Å². The van der Waals surface area contributed by atoms with Gasteiger partial charge in [-0.25, -0.2) is 4.98 Å². The predicted octanol–water partition coefficient (Wildman–Crippen LogP) is 2.58. The number of hydrogen-bond acceptors (Lipinski definition) is 4. The second-order valence-corrected chi connectivity index (χ2v) is 4.33. The molecule has 1 heterocycles. The van der Waals surface area contributed by atoms with Gasteiger partial charge in [-0.2, -0.15) is 0 Å². The fourth-order valence-corrected chi connectivity index (χ4v) is 1.65. The van der Waals surface area contributed by atoms with Crippen LogP contribution in [0.2, 0.25) is 0 Å². The quantitative estimate of drug-likeness (QED) is 0.858. The van der Waals surface area contributed by atoms with E-state index in [0.717, 1.165) is 0 Å². The molecule has 0 radical (unpaired) electrons. The Morgan fingerprint density at radius 2 is 1.90 bits per heavy atom. The summed E-state index contributed by atoms with van der Waals surface area (Å²) in [6.07, 6.45) is 1.55. The Morgan fingerprint density at radius 3 is 2.50 bits per heavy atom. The summed E-state index contributed by atoms with van der Waals surface area (Å²) in [4.78, 5) is 17.6. The van der Waals surface area contributed by atoms with Gasteiger partial charge in [-0.05, 0) is 18.2 Å². The lowest BCUT2D eigenvalue weighted by Crippen LogP contribution is -2.22. The average molecular weight is 272 g/mol. The van der Waals surface area contributed by atoms with Crippen molar-refractivity contribution in [3.8, 4) is 17.4 Å². The largest absolute Gasteiger partial charge is 0.481 e. The highest BCUT2D eigenvalue weighted by molar-refractivity contribution is 5.96. The molecule has 0 aliphatic heterocycles. The van der Waals surface area contributed by atoms with Crippen LogP contribution < -0.4 is 9.47 Å². The van der Waals surface area contributed by atoms with Gasteiger partial charge in [0.15, 0.2) is 0 Å². The van der Waals surface area contributed by atoms with Gasteiger partial charge in [0, 0.05) is 20.2 Å². The summed E-state index contributed by atoms with van der Waals surface area (Å²) in [5.74, 6) is 1.44. The Kier molecular flexibility index (Phi) is 4.20. The van der Waals surface area contributed by atoms with E-state index in [2.05, 4.69) is 4.98 Å².